The van der Waals surface area contributed by atoms with Crippen molar-refractivity contribution in [2.24, 2.45) is 0 Å². The van der Waals surface area contributed by atoms with Crippen LogP contribution in [0.25, 0.3) is 0 Å². The first-order valence-corrected chi connectivity index (χ1v) is 7.62. The monoisotopic (exact) mass is 271 g/mol. The van der Waals surface area contributed by atoms with E-state index < -0.39 is 11.5 Å². The molecule has 0 radical (unpaired) electrons. The number of carbonyl (C=O) groups is 1. The van der Waals surface area contributed by atoms with Crippen LogP contribution in [0.5, 0.6) is 0 Å². The smallest absolute Gasteiger partial charge is 0.323 e. The van der Waals surface area contributed by atoms with Gasteiger partial charge in [0.25, 0.3) is 0 Å². The number of rotatable bonds is 8. The van der Waals surface area contributed by atoms with Crippen LogP contribution in [0, 0.1) is 0 Å². The Hall–Kier alpha value is -0.610. The molecule has 1 fully saturated rings. The number of unbranched alkanes of at least 4 members (excludes halogenated alkanes) is 1. The number of nitrogens with one attached hydrogen (secondary N) is 1. The van der Waals surface area contributed by atoms with Gasteiger partial charge in [0.15, 0.2) is 0 Å². The van der Waals surface area contributed by atoms with Gasteiger partial charge in [-0.3, -0.25) is 4.79 Å². The van der Waals surface area contributed by atoms with Gasteiger partial charge in [-0.15, -0.1) is 0 Å². The number of carboxylic acid groups (broad SMARTS) is 1. The molecular weight excluding hydrogens is 242 g/mol. The Morgan fingerprint density at radius 2 is 1.89 bits per heavy atom. The maximum Gasteiger partial charge on any atom is 0.323 e. The topological polar surface area (TPSA) is 58.6 Å². The molecule has 0 aromatic heterocycles. The van der Waals surface area contributed by atoms with Crippen LogP contribution >= 0.6 is 0 Å². The molecule has 0 heterocycles. The highest BCUT2D eigenvalue weighted by Gasteiger charge is 2.30. The van der Waals surface area contributed by atoms with Crippen molar-refractivity contribution in [3.8, 4) is 0 Å². The molecule has 1 aliphatic rings. The third kappa shape index (κ3) is 5.91. The van der Waals surface area contributed by atoms with Gasteiger partial charge in [0, 0.05) is 6.61 Å². The largest absolute Gasteiger partial charge is 0.480 e. The molecule has 112 valence electrons. The zero-order valence-corrected chi connectivity index (χ0v) is 12.4. The van der Waals surface area contributed by atoms with Crippen LogP contribution in [0.15, 0.2) is 0 Å². The molecule has 1 aliphatic carbocycles. The Bertz CT molecular complexity index is 262. The van der Waals surface area contributed by atoms with E-state index in [2.05, 4.69) is 5.32 Å². The van der Waals surface area contributed by atoms with Crippen LogP contribution in [0.2, 0.25) is 0 Å². The van der Waals surface area contributed by atoms with Gasteiger partial charge in [0.05, 0.1) is 6.10 Å². The lowest BCUT2D eigenvalue weighted by atomic mass is 9.95. The van der Waals surface area contributed by atoms with Crippen molar-refractivity contribution in [2.45, 2.75) is 76.4 Å². The minimum atomic E-state index is -0.803. The second-order valence-electron chi connectivity index (χ2n) is 5.83. The van der Waals surface area contributed by atoms with Crippen LogP contribution in [0.4, 0.5) is 0 Å². The van der Waals surface area contributed by atoms with E-state index in [0.717, 1.165) is 19.4 Å². The van der Waals surface area contributed by atoms with Crippen molar-refractivity contribution in [2.75, 3.05) is 13.7 Å². The molecule has 0 saturated heterocycles. The standard InChI is InChI=1S/C15H29NO3/c1-15(16-2,14(17)18)11-7-8-12-19-13-9-5-3-4-6-10-13/h13,16H,3-12H2,1-2H3,(H,17,18). The first kappa shape index (κ1) is 16.4. The summed E-state index contributed by atoms with van der Waals surface area (Å²) >= 11 is 0. The van der Waals surface area contributed by atoms with E-state index in [0.29, 0.717) is 12.5 Å². The molecule has 1 rings (SSSR count). The number of likely N-dealkylation sites (N-methyl/N-ethyl adjacent to an activating group) is 1. The molecule has 19 heavy (non-hydrogen) atoms. The summed E-state index contributed by atoms with van der Waals surface area (Å²) in [5.41, 5.74) is -0.803. The van der Waals surface area contributed by atoms with Crippen LogP contribution < -0.4 is 5.32 Å². The predicted molar refractivity (Wildman–Crippen MR) is 76.4 cm³/mol. The van der Waals surface area contributed by atoms with E-state index in [1.54, 1.807) is 14.0 Å². The summed E-state index contributed by atoms with van der Waals surface area (Å²) in [6, 6.07) is 0. The second kappa shape index (κ2) is 8.54. The number of hydrogen-bond acceptors (Lipinski definition) is 3. The minimum Gasteiger partial charge on any atom is -0.480 e. The Kier molecular flexibility index (Phi) is 7.39. The molecule has 0 bridgehead atoms. The van der Waals surface area contributed by atoms with E-state index in [9.17, 15) is 4.79 Å². The Morgan fingerprint density at radius 1 is 1.26 bits per heavy atom. The fourth-order valence-electron chi connectivity index (χ4n) is 2.58. The predicted octanol–water partition coefficient (Wildman–Crippen LogP) is 2.96. The van der Waals surface area contributed by atoms with Crippen LogP contribution in [0.3, 0.4) is 0 Å². The molecule has 1 saturated carbocycles. The zero-order chi connectivity index (χ0) is 14.1. The van der Waals surface area contributed by atoms with Crippen molar-refractivity contribution in [3.05, 3.63) is 0 Å². The molecule has 0 amide bonds. The molecule has 1 atom stereocenters. The Morgan fingerprint density at radius 3 is 2.42 bits per heavy atom. The second-order valence-corrected chi connectivity index (χ2v) is 5.83. The van der Waals surface area contributed by atoms with E-state index in [4.69, 9.17) is 9.84 Å². The lowest BCUT2D eigenvalue weighted by molar-refractivity contribution is -0.144. The minimum absolute atomic E-state index is 0.442. The third-order valence-electron chi connectivity index (χ3n) is 4.25. The van der Waals surface area contributed by atoms with Gasteiger partial charge < -0.3 is 15.2 Å². The highest BCUT2D eigenvalue weighted by molar-refractivity contribution is 5.78. The Labute approximate surface area is 116 Å². The van der Waals surface area contributed by atoms with Crippen LogP contribution in [0.1, 0.15) is 64.7 Å². The molecule has 1 unspecified atom stereocenters. The normalized spacial score (nSPS) is 20.7. The summed E-state index contributed by atoms with van der Waals surface area (Å²) in [7, 11) is 1.70. The van der Waals surface area contributed by atoms with Gasteiger partial charge in [-0.1, -0.05) is 25.7 Å². The lowest BCUT2D eigenvalue weighted by Gasteiger charge is -2.24. The van der Waals surface area contributed by atoms with Gasteiger partial charge in [0.2, 0.25) is 0 Å². The highest BCUT2D eigenvalue weighted by Crippen LogP contribution is 2.20. The number of ether oxygens (including phenoxy) is 1. The summed E-state index contributed by atoms with van der Waals surface area (Å²) in [5.74, 6) is -0.778. The lowest BCUT2D eigenvalue weighted by Crippen LogP contribution is -2.47. The van der Waals surface area contributed by atoms with Crippen molar-refractivity contribution in [1.29, 1.82) is 0 Å². The van der Waals surface area contributed by atoms with Gasteiger partial charge >= 0.3 is 5.97 Å². The third-order valence-corrected chi connectivity index (χ3v) is 4.25. The number of hydrogen-bond donors (Lipinski definition) is 2. The van der Waals surface area contributed by atoms with E-state index in [-0.39, 0.29) is 0 Å². The Balaban J connectivity index is 2.11. The average molecular weight is 271 g/mol. The highest BCUT2D eigenvalue weighted by atomic mass is 16.5. The van der Waals surface area contributed by atoms with E-state index >= 15 is 0 Å². The maximum absolute atomic E-state index is 11.1. The quantitative estimate of drug-likeness (QED) is 0.526. The molecule has 0 aromatic carbocycles. The summed E-state index contributed by atoms with van der Waals surface area (Å²) in [6.45, 7) is 2.51. The van der Waals surface area contributed by atoms with Crippen molar-refractivity contribution < 1.29 is 14.6 Å². The van der Waals surface area contributed by atoms with Crippen LogP contribution in [-0.2, 0) is 9.53 Å². The van der Waals surface area contributed by atoms with Crippen LogP contribution in [-0.4, -0.2) is 36.4 Å². The molecule has 4 nitrogen and oxygen atoms in total. The first-order chi connectivity index (χ1) is 9.08. The zero-order valence-electron chi connectivity index (χ0n) is 12.4. The van der Waals surface area contributed by atoms with E-state index in [1.165, 1.54) is 38.5 Å². The molecule has 0 aromatic rings. The molecular formula is C15H29NO3. The molecule has 0 aliphatic heterocycles. The molecule has 4 heteroatoms. The molecule has 0 spiro atoms. The summed E-state index contributed by atoms with van der Waals surface area (Å²) in [4.78, 5) is 11.1. The fraction of sp³-hybridized carbons (Fsp3) is 0.933. The van der Waals surface area contributed by atoms with Gasteiger partial charge in [-0.25, -0.2) is 0 Å². The maximum atomic E-state index is 11.1. The fourth-order valence-corrected chi connectivity index (χ4v) is 2.58. The van der Waals surface area contributed by atoms with Gasteiger partial charge in [-0.05, 0) is 46.1 Å². The summed E-state index contributed by atoms with van der Waals surface area (Å²) in [6.07, 6.45) is 10.6. The molecule has 2 N–H and O–H groups in total. The van der Waals surface area contributed by atoms with Crippen molar-refractivity contribution >= 4 is 5.97 Å². The van der Waals surface area contributed by atoms with Gasteiger partial charge in [0.1, 0.15) is 5.54 Å². The number of aliphatic carboxylic acids is 1. The first-order valence-electron chi connectivity index (χ1n) is 7.62. The SMILES string of the molecule is CNC(C)(CCCCOC1CCCCCC1)C(=O)O. The summed E-state index contributed by atoms with van der Waals surface area (Å²) < 4.78 is 5.90. The average Bonchev–Trinajstić information content (AvgIpc) is 2.66. The summed E-state index contributed by atoms with van der Waals surface area (Å²) in [5, 5.41) is 12.0. The van der Waals surface area contributed by atoms with Crippen molar-refractivity contribution in [3.63, 3.8) is 0 Å². The van der Waals surface area contributed by atoms with Crippen molar-refractivity contribution in [1.82, 2.24) is 5.32 Å². The van der Waals surface area contributed by atoms with Gasteiger partial charge in [-0.2, -0.15) is 0 Å². The van der Waals surface area contributed by atoms with E-state index in [1.807, 2.05) is 0 Å². The number of carboxylic acids is 1.